The summed E-state index contributed by atoms with van der Waals surface area (Å²) in [6, 6.07) is 0. The molecule has 0 spiro atoms. The third-order valence-electron chi connectivity index (χ3n) is 4.24. The van der Waals surface area contributed by atoms with E-state index in [0.717, 1.165) is 45.1 Å². The monoisotopic (exact) mass is 284 g/mol. The number of hydrogen-bond donors (Lipinski definition) is 2. The number of hydrogen-bond acceptors (Lipinski definition) is 3. The number of carbonyl (C=O) groups is 1. The highest BCUT2D eigenvalue weighted by molar-refractivity contribution is 7.80. The van der Waals surface area contributed by atoms with Crippen molar-refractivity contribution in [2.75, 3.05) is 6.61 Å². The lowest BCUT2D eigenvalue weighted by Crippen LogP contribution is -2.56. The molecule has 0 bridgehead atoms. The van der Waals surface area contributed by atoms with Gasteiger partial charge in [0.2, 0.25) is 5.91 Å². The van der Waals surface area contributed by atoms with E-state index in [-0.39, 0.29) is 12.0 Å². The molecule has 0 aromatic rings. The average Bonchev–Trinajstić information content (AvgIpc) is 2.73. The Balaban J connectivity index is 1.94. The molecule has 19 heavy (non-hydrogen) atoms. The predicted octanol–water partition coefficient (Wildman–Crippen LogP) is 2.05. The van der Waals surface area contributed by atoms with Gasteiger partial charge in [-0.05, 0) is 25.7 Å². The lowest BCUT2D eigenvalue weighted by molar-refractivity contribution is -0.124. The summed E-state index contributed by atoms with van der Waals surface area (Å²) >= 11 is 5.22. The second-order valence-corrected chi connectivity index (χ2v) is 6.19. The van der Waals surface area contributed by atoms with Gasteiger partial charge in [0, 0.05) is 6.61 Å². The normalized spacial score (nSPS) is 26.6. The van der Waals surface area contributed by atoms with Gasteiger partial charge in [0.15, 0.2) is 0 Å². The first-order chi connectivity index (χ1) is 9.12. The molecular weight excluding hydrogens is 260 g/mol. The summed E-state index contributed by atoms with van der Waals surface area (Å²) < 4.78 is 5.51. The average molecular weight is 284 g/mol. The number of thiocarbonyl (C=S) groups is 1. The van der Waals surface area contributed by atoms with E-state index in [2.05, 4.69) is 5.32 Å². The summed E-state index contributed by atoms with van der Waals surface area (Å²) in [5.41, 5.74) is 5.46. The maximum absolute atomic E-state index is 12.2. The van der Waals surface area contributed by atoms with Gasteiger partial charge in [-0.2, -0.15) is 0 Å². The Hall–Kier alpha value is -0.680. The standard InChI is InChI=1S/C14H24N2O2S/c15-13(19)14(7-3-1-2-4-8-14)16-12(17)10-11-6-5-9-18-11/h11H,1-10H2,(H2,15,19)(H,16,17). The van der Waals surface area contributed by atoms with Crippen molar-refractivity contribution in [1.29, 1.82) is 0 Å². The topological polar surface area (TPSA) is 64.3 Å². The van der Waals surface area contributed by atoms with Crippen molar-refractivity contribution in [1.82, 2.24) is 5.32 Å². The number of carbonyl (C=O) groups excluding carboxylic acids is 1. The number of amides is 1. The molecule has 1 saturated heterocycles. The molecule has 0 aromatic carbocycles. The minimum absolute atomic E-state index is 0.0293. The second-order valence-electron chi connectivity index (χ2n) is 5.75. The van der Waals surface area contributed by atoms with Crippen LogP contribution in [0.5, 0.6) is 0 Å². The quantitative estimate of drug-likeness (QED) is 0.612. The molecule has 1 atom stereocenters. The van der Waals surface area contributed by atoms with Crippen LogP contribution in [0.2, 0.25) is 0 Å². The van der Waals surface area contributed by atoms with Crippen LogP contribution in [0.15, 0.2) is 0 Å². The van der Waals surface area contributed by atoms with Crippen molar-refractivity contribution in [3.8, 4) is 0 Å². The van der Waals surface area contributed by atoms with Crippen LogP contribution in [0.25, 0.3) is 0 Å². The fourth-order valence-electron chi connectivity index (χ4n) is 3.10. The minimum Gasteiger partial charge on any atom is -0.391 e. The van der Waals surface area contributed by atoms with E-state index in [1.54, 1.807) is 0 Å². The van der Waals surface area contributed by atoms with Crippen LogP contribution in [0.3, 0.4) is 0 Å². The smallest absolute Gasteiger partial charge is 0.223 e. The van der Waals surface area contributed by atoms with Crippen LogP contribution in [-0.4, -0.2) is 29.1 Å². The first-order valence-corrected chi connectivity index (χ1v) is 7.76. The Morgan fingerprint density at radius 3 is 2.47 bits per heavy atom. The summed E-state index contributed by atoms with van der Waals surface area (Å²) in [6.07, 6.45) is 8.86. The first-order valence-electron chi connectivity index (χ1n) is 7.35. The molecule has 2 aliphatic rings. The zero-order chi connectivity index (χ0) is 13.7. The number of ether oxygens (including phenoxy) is 1. The molecule has 1 saturated carbocycles. The van der Waals surface area contributed by atoms with Crippen molar-refractivity contribution >= 4 is 23.1 Å². The summed E-state index contributed by atoms with van der Waals surface area (Å²) in [5, 5.41) is 3.11. The van der Waals surface area contributed by atoms with Gasteiger partial charge in [0.1, 0.15) is 0 Å². The maximum atomic E-state index is 12.2. The number of nitrogens with one attached hydrogen (secondary N) is 1. The molecule has 2 fully saturated rings. The lowest BCUT2D eigenvalue weighted by atomic mass is 9.89. The molecule has 4 nitrogen and oxygen atoms in total. The highest BCUT2D eigenvalue weighted by atomic mass is 32.1. The Bertz CT molecular complexity index is 332. The van der Waals surface area contributed by atoms with Crippen LogP contribution in [-0.2, 0) is 9.53 Å². The molecule has 108 valence electrons. The molecule has 5 heteroatoms. The fraction of sp³-hybridized carbons (Fsp3) is 0.857. The minimum atomic E-state index is -0.457. The second kappa shape index (κ2) is 6.66. The number of rotatable bonds is 4. The third kappa shape index (κ3) is 3.89. The summed E-state index contributed by atoms with van der Waals surface area (Å²) in [6.45, 7) is 0.776. The van der Waals surface area contributed by atoms with Crippen molar-refractivity contribution in [2.24, 2.45) is 5.73 Å². The van der Waals surface area contributed by atoms with Gasteiger partial charge >= 0.3 is 0 Å². The Morgan fingerprint density at radius 2 is 1.95 bits per heavy atom. The molecule has 1 heterocycles. The fourth-order valence-corrected chi connectivity index (χ4v) is 3.35. The molecule has 0 aromatic heterocycles. The largest absolute Gasteiger partial charge is 0.391 e. The van der Waals surface area contributed by atoms with Gasteiger partial charge in [-0.15, -0.1) is 0 Å². The first kappa shape index (κ1) is 14.7. The molecule has 1 unspecified atom stereocenters. The van der Waals surface area contributed by atoms with Crippen molar-refractivity contribution in [3.05, 3.63) is 0 Å². The Morgan fingerprint density at radius 1 is 1.26 bits per heavy atom. The zero-order valence-electron chi connectivity index (χ0n) is 11.5. The van der Waals surface area contributed by atoms with Crippen LogP contribution in [0.1, 0.15) is 57.8 Å². The Kier molecular flexibility index (Phi) is 5.16. The van der Waals surface area contributed by atoms with Crippen LogP contribution < -0.4 is 11.1 Å². The van der Waals surface area contributed by atoms with Crippen LogP contribution in [0.4, 0.5) is 0 Å². The molecule has 3 N–H and O–H groups in total. The van der Waals surface area contributed by atoms with E-state index in [0.29, 0.717) is 11.4 Å². The maximum Gasteiger partial charge on any atom is 0.223 e. The highest BCUT2D eigenvalue weighted by Gasteiger charge is 2.36. The lowest BCUT2D eigenvalue weighted by Gasteiger charge is -2.33. The van der Waals surface area contributed by atoms with Crippen molar-refractivity contribution < 1.29 is 9.53 Å². The molecular formula is C14H24N2O2S. The van der Waals surface area contributed by atoms with E-state index in [1.165, 1.54) is 12.8 Å². The molecule has 1 aliphatic heterocycles. The SMILES string of the molecule is NC(=S)C1(NC(=O)CC2CCCO2)CCCCCC1. The van der Waals surface area contributed by atoms with Crippen molar-refractivity contribution in [3.63, 3.8) is 0 Å². The molecule has 1 amide bonds. The van der Waals surface area contributed by atoms with E-state index in [1.807, 2.05) is 0 Å². The summed E-state index contributed by atoms with van der Waals surface area (Å²) in [4.78, 5) is 12.6. The van der Waals surface area contributed by atoms with Gasteiger partial charge in [-0.25, -0.2) is 0 Å². The van der Waals surface area contributed by atoms with Gasteiger partial charge in [0.25, 0.3) is 0 Å². The van der Waals surface area contributed by atoms with E-state index >= 15 is 0 Å². The van der Waals surface area contributed by atoms with Gasteiger partial charge < -0.3 is 15.8 Å². The summed E-state index contributed by atoms with van der Waals surface area (Å²) in [5.74, 6) is 0.0293. The summed E-state index contributed by atoms with van der Waals surface area (Å²) in [7, 11) is 0. The van der Waals surface area contributed by atoms with Crippen molar-refractivity contribution in [2.45, 2.75) is 69.4 Å². The zero-order valence-corrected chi connectivity index (χ0v) is 12.3. The molecule has 0 radical (unpaired) electrons. The van der Waals surface area contributed by atoms with Crippen LogP contribution in [0, 0.1) is 0 Å². The van der Waals surface area contributed by atoms with Gasteiger partial charge in [0.05, 0.1) is 23.1 Å². The van der Waals surface area contributed by atoms with Crippen LogP contribution >= 0.6 is 12.2 Å². The third-order valence-corrected chi connectivity index (χ3v) is 4.64. The number of nitrogens with two attached hydrogens (primary N) is 1. The molecule has 1 aliphatic carbocycles. The predicted molar refractivity (Wildman–Crippen MR) is 79.0 cm³/mol. The van der Waals surface area contributed by atoms with E-state index < -0.39 is 5.54 Å². The van der Waals surface area contributed by atoms with E-state index in [9.17, 15) is 4.79 Å². The Labute approximate surface area is 120 Å². The van der Waals surface area contributed by atoms with E-state index in [4.69, 9.17) is 22.7 Å². The van der Waals surface area contributed by atoms with Gasteiger partial charge in [-0.1, -0.05) is 37.9 Å². The van der Waals surface area contributed by atoms with Gasteiger partial charge in [-0.3, -0.25) is 4.79 Å². The highest BCUT2D eigenvalue weighted by Crippen LogP contribution is 2.28. The molecule has 2 rings (SSSR count).